The molecule has 0 aliphatic heterocycles. The van der Waals surface area contributed by atoms with Crippen molar-refractivity contribution in [3.63, 3.8) is 0 Å². The highest BCUT2D eigenvalue weighted by atomic mass is 19.1. The summed E-state index contributed by atoms with van der Waals surface area (Å²) in [6.07, 6.45) is 0.0121. The molecule has 0 aliphatic rings. The summed E-state index contributed by atoms with van der Waals surface area (Å²) in [4.78, 5) is 12.4. The molecular formula is C19H15FO3. The molecule has 0 aromatic heterocycles. The lowest BCUT2D eigenvalue weighted by Crippen LogP contribution is -2.07. The summed E-state index contributed by atoms with van der Waals surface area (Å²) >= 11 is 0. The van der Waals surface area contributed by atoms with Gasteiger partial charge in [-0.15, -0.1) is 0 Å². The Hall–Kier alpha value is -2.88. The van der Waals surface area contributed by atoms with Crippen molar-refractivity contribution in [2.24, 2.45) is 0 Å². The number of hydrogen-bond donors (Lipinski definition) is 1. The number of rotatable bonds is 4. The zero-order chi connectivity index (χ0) is 16.4. The molecule has 116 valence electrons. The highest BCUT2D eigenvalue weighted by molar-refractivity contribution is 6.01. The van der Waals surface area contributed by atoms with Crippen LogP contribution < -0.4 is 4.74 Å². The largest absolute Gasteiger partial charge is 0.507 e. The Morgan fingerprint density at radius 3 is 2.57 bits per heavy atom. The van der Waals surface area contributed by atoms with E-state index in [9.17, 15) is 14.3 Å². The van der Waals surface area contributed by atoms with Crippen molar-refractivity contribution >= 4 is 16.6 Å². The number of aromatic hydroxyl groups is 1. The van der Waals surface area contributed by atoms with Gasteiger partial charge in [0.15, 0.2) is 5.78 Å². The molecule has 0 aliphatic carbocycles. The molecule has 3 aromatic rings. The molecule has 0 bridgehead atoms. The summed E-state index contributed by atoms with van der Waals surface area (Å²) in [5.74, 6) is -0.484. The number of Topliss-reactive ketones (excluding diaryl/α,β-unsaturated/α-hetero) is 1. The Morgan fingerprint density at radius 2 is 1.87 bits per heavy atom. The van der Waals surface area contributed by atoms with Gasteiger partial charge in [-0.3, -0.25) is 4.79 Å². The number of benzene rings is 3. The number of methoxy groups -OCH3 is 1. The van der Waals surface area contributed by atoms with Gasteiger partial charge in [-0.25, -0.2) is 4.39 Å². The molecule has 0 heterocycles. The van der Waals surface area contributed by atoms with E-state index in [1.54, 1.807) is 24.3 Å². The first-order valence-electron chi connectivity index (χ1n) is 7.16. The number of ketones is 1. The van der Waals surface area contributed by atoms with Gasteiger partial charge in [0.1, 0.15) is 17.3 Å². The van der Waals surface area contributed by atoms with E-state index < -0.39 is 5.82 Å². The van der Waals surface area contributed by atoms with Crippen LogP contribution in [0.3, 0.4) is 0 Å². The van der Waals surface area contributed by atoms with Crippen molar-refractivity contribution in [1.29, 1.82) is 0 Å². The third-order valence-electron chi connectivity index (χ3n) is 3.80. The minimum absolute atomic E-state index is 0.0121. The second kappa shape index (κ2) is 6.08. The van der Waals surface area contributed by atoms with E-state index in [0.29, 0.717) is 16.7 Å². The van der Waals surface area contributed by atoms with Crippen LogP contribution in [-0.2, 0) is 6.42 Å². The highest BCUT2D eigenvalue weighted by Crippen LogP contribution is 2.29. The number of ether oxygens (including phenoxy) is 1. The summed E-state index contributed by atoms with van der Waals surface area (Å²) in [6.45, 7) is 0. The van der Waals surface area contributed by atoms with Crippen molar-refractivity contribution in [2.75, 3.05) is 7.11 Å². The lowest BCUT2D eigenvalue weighted by molar-refractivity contribution is 0.0989. The molecule has 0 saturated carbocycles. The van der Waals surface area contributed by atoms with Crippen LogP contribution >= 0.6 is 0 Å². The first kappa shape index (κ1) is 15.0. The Labute approximate surface area is 132 Å². The summed E-state index contributed by atoms with van der Waals surface area (Å²) in [5, 5.41) is 11.5. The maximum atomic E-state index is 14.0. The molecule has 0 fully saturated rings. The van der Waals surface area contributed by atoms with E-state index in [4.69, 9.17) is 4.74 Å². The van der Waals surface area contributed by atoms with Gasteiger partial charge in [0, 0.05) is 17.9 Å². The minimum Gasteiger partial charge on any atom is -0.507 e. The third kappa shape index (κ3) is 2.88. The Bertz CT molecular complexity index is 882. The molecule has 4 heteroatoms. The van der Waals surface area contributed by atoms with Gasteiger partial charge < -0.3 is 9.84 Å². The van der Waals surface area contributed by atoms with E-state index in [2.05, 4.69) is 0 Å². The highest BCUT2D eigenvalue weighted by Gasteiger charge is 2.15. The molecule has 3 rings (SSSR count). The van der Waals surface area contributed by atoms with Gasteiger partial charge in [-0.05, 0) is 29.1 Å². The SMILES string of the molecule is COc1ccc(C(=O)Cc2cccc3cccc(O)c23)c(F)c1. The molecular weight excluding hydrogens is 295 g/mol. The number of phenols is 1. The smallest absolute Gasteiger partial charge is 0.170 e. The average molecular weight is 310 g/mol. The molecule has 1 N–H and O–H groups in total. The monoisotopic (exact) mass is 310 g/mol. The Kier molecular flexibility index (Phi) is 3.98. The first-order valence-corrected chi connectivity index (χ1v) is 7.16. The average Bonchev–Trinajstić information content (AvgIpc) is 2.54. The normalized spacial score (nSPS) is 10.7. The van der Waals surface area contributed by atoms with Gasteiger partial charge in [-0.1, -0.05) is 30.3 Å². The maximum Gasteiger partial charge on any atom is 0.170 e. The fourth-order valence-electron chi connectivity index (χ4n) is 2.66. The molecule has 0 spiro atoms. The maximum absolute atomic E-state index is 14.0. The second-order valence-corrected chi connectivity index (χ2v) is 5.24. The van der Waals surface area contributed by atoms with Crippen LogP contribution in [0.5, 0.6) is 11.5 Å². The quantitative estimate of drug-likeness (QED) is 0.737. The van der Waals surface area contributed by atoms with E-state index in [0.717, 1.165) is 5.39 Å². The predicted octanol–water partition coefficient (Wildman–Crippen LogP) is 4.12. The fourth-order valence-corrected chi connectivity index (χ4v) is 2.66. The molecule has 3 nitrogen and oxygen atoms in total. The number of phenolic OH excluding ortho intramolecular Hbond substituents is 1. The molecule has 3 aromatic carbocycles. The van der Waals surface area contributed by atoms with Crippen molar-refractivity contribution < 1.29 is 19.0 Å². The molecule has 0 radical (unpaired) electrons. The lowest BCUT2D eigenvalue weighted by Gasteiger charge is -2.09. The van der Waals surface area contributed by atoms with Crippen molar-refractivity contribution in [3.8, 4) is 11.5 Å². The van der Waals surface area contributed by atoms with Gasteiger partial charge >= 0.3 is 0 Å². The minimum atomic E-state index is -0.612. The van der Waals surface area contributed by atoms with E-state index in [1.165, 1.54) is 19.2 Å². The number of fused-ring (bicyclic) bond motifs is 1. The molecule has 0 atom stereocenters. The van der Waals surface area contributed by atoms with Crippen molar-refractivity contribution in [3.05, 3.63) is 71.5 Å². The number of carbonyl (C=O) groups excluding carboxylic acids is 1. The standard InChI is InChI=1S/C19H15FO3/c1-23-14-8-9-15(16(20)11-14)18(22)10-13-6-2-4-12-5-3-7-17(21)19(12)13/h2-9,11,21H,10H2,1H3. The lowest BCUT2D eigenvalue weighted by atomic mass is 9.97. The predicted molar refractivity (Wildman–Crippen MR) is 86.6 cm³/mol. The fraction of sp³-hybridized carbons (Fsp3) is 0.105. The Morgan fingerprint density at radius 1 is 1.13 bits per heavy atom. The summed E-state index contributed by atoms with van der Waals surface area (Å²) in [7, 11) is 1.44. The number of halogens is 1. The van der Waals surface area contributed by atoms with Crippen LogP contribution in [0.2, 0.25) is 0 Å². The van der Waals surface area contributed by atoms with Gasteiger partial charge in [-0.2, -0.15) is 0 Å². The number of carbonyl (C=O) groups is 1. The van der Waals surface area contributed by atoms with Crippen LogP contribution in [-0.4, -0.2) is 18.0 Å². The zero-order valence-electron chi connectivity index (χ0n) is 12.5. The van der Waals surface area contributed by atoms with Crippen LogP contribution in [0.25, 0.3) is 10.8 Å². The van der Waals surface area contributed by atoms with Crippen LogP contribution in [0.4, 0.5) is 4.39 Å². The van der Waals surface area contributed by atoms with Gasteiger partial charge in [0.05, 0.1) is 12.7 Å². The van der Waals surface area contributed by atoms with E-state index in [-0.39, 0.29) is 23.5 Å². The van der Waals surface area contributed by atoms with Crippen LogP contribution in [0, 0.1) is 5.82 Å². The van der Waals surface area contributed by atoms with Crippen LogP contribution in [0.1, 0.15) is 15.9 Å². The molecule has 0 unspecified atom stereocenters. The topological polar surface area (TPSA) is 46.5 Å². The number of hydrogen-bond acceptors (Lipinski definition) is 3. The first-order chi connectivity index (χ1) is 11.1. The van der Waals surface area contributed by atoms with Crippen molar-refractivity contribution in [2.45, 2.75) is 6.42 Å². The van der Waals surface area contributed by atoms with E-state index in [1.807, 2.05) is 18.2 Å². The summed E-state index contributed by atoms with van der Waals surface area (Å²) in [5.41, 5.74) is 0.680. The van der Waals surface area contributed by atoms with Gasteiger partial charge in [0.25, 0.3) is 0 Å². The van der Waals surface area contributed by atoms with E-state index >= 15 is 0 Å². The molecule has 0 saturated heterocycles. The Balaban J connectivity index is 1.98. The summed E-state index contributed by atoms with van der Waals surface area (Å²) < 4.78 is 19.0. The molecule has 0 amide bonds. The van der Waals surface area contributed by atoms with Gasteiger partial charge in [0.2, 0.25) is 0 Å². The van der Waals surface area contributed by atoms with Crippen LogP contribution in [0.15, 0.2) is 54.6 Å². The summed E-state index contributed by atoms with van der Waals surface area (Å²) in [6, 6.07) is 14.8. The molecule has 23 heavy (non-hydrogen) atoms. The zero-order valence-corrected chi connectivity index (χ0v) is 12.5. The third-order valence-corrected chi connectivity index (χ3v) is 3.80. The second-order valence-electron chi connectivity index (χ2n) is 5.24. The van der Waals surface area contributed by atoms with Crippen molar-refractivity contribution in [1.82, 2.24) is 0 Å².